The molecular weight excluding hydrogens is 295 g/mol. The summed E-state index contributed by atoms with van der Waals surface area (Å²) in [5.41, 5.74) is 7.31. The van der Waals surface area contributed by atoms with Gasteiger partial charge >= 0.3 is 0 Å². The molecule has 110 valence electrons. The molecule has 0 bridgehead atoms. The molecule has 5 nitrogen and oxygen atoms in total. The van der Waals surface area contributed by atoms with E-state index in [9.17, 15) is 9.50 Å². The van der Waals surface area contributed by atoms with E-state index in [0.29, 0.717) is 18.9 Å². The van der Waals surface area contributed by atoms with Crippen LogP contribution < -0.4 is 10.6 Å². The summed E-state index contributed by atoms with van der Waals surface area (Å²) < 4.78 is 13.0. The Kier molecular flexibility index (Phi) is 3.65. The van der Waals surface area contributed by atoms with Gasteiger partial charge in [-0.3, -0.25) is 0 Å². The number of fused-ring (bicyclic) bond motifs is 1. The van der Waals surface area contributed by atoms with E-state index in [0.717, 1.165) is 11.1 Å². The van der Waals surface area contributed by atoms with Crippen molar-refractivity contribution >= 4 is 23.4 Å². The highest BCUT2D eigenvalue weighted by Crippen LogP contribution is 2.39. The number of rotatable bonds is 3. The van der Waals surface area contributed by atoms with E-state index in [2.05, 4.69) is 9.97 Å². The van der Waals surface area contributed by atoms with E-state index in [1.807, 2.05) is 4.90 Å². The number of nitrogens with two attached hydrogens (primary N) is 1. The molecule has 0 saturated carbocycles. The molecule has 2 aromatic rings. The van der Waals surface area contributed by atoms with Crippen LogP contribution in [0.25, 0.3) is 0 Å². The smallest absolute Gasteiger partial charge is 0.223 e. The molecule has 7 heteroatoms. The molecule has 1 aromatic heterocycles. The molecule has 0 aliphatic carbocycles. The van der Waals surface area contributed by atoms with Gasteiger partial charge in [-0.05, 0) is 17.7 Å². The molecular formula is C14H14ClFN4O. The lowest BCUT2D eigenvalue weighted by Gasteiger charge is -2.19. The van der Waals surface area contributed by atoms with Crippen molar-refractivity contribution in [3.8, 4) is 0 Å². The molecule has 0 radical (unpaired) electrons. The van der Waals surface area contributed by atoms with Crippen molar-refractivity contribution in [3.05, 3.63) is 46.4 Å². The van der Waals surface area contributed by atoms with Crippen molar-refractivity contribution in [1.82, 2.24) is 9.97 Å². The second-order valence-electron chi connectivity index (χ2n) is 5.00. The first kappa shape index (κ1) is 14.0. The SMILES string of the molecule is Nc1nc(Cl)c2c(n1)N(Cc1ccc(F)cc1)C[C@@H]2CO. The van der Waals surface area contributed by atoms with Gasteiger partial charge in [-0.25, -0.2) is 9.37 Å². The first-order valence-corrected chi connectivity index (χ1v) is 6.89. The molecule has 0 fully saturated rings. The largest absolute Gasteiger partial charge is 0.396 e. The van der Waals surface area contributed by atoms with Gasteiger partial charge in [0.2, 0.25) is 5.95 Å². The van der Waals surface area contributed by atoms with Crippen molar-refractivity contribution in [2.24, 2.45) is 0 Å². The van der Waals surface area contributed by atoms with E-state index in [4.69, 9.17) is 17.3 Å². The monoisotopic (exact) mass is 308 g/mol. The summed E-state index contributed by atoms with van der Waals surface area (Å²) in [6.07, 6.45) is 0. The Hall–Kier alpha value is -1.92. The summed E-state index contributed by atoms with van der Waals surface area (Å²) in [6, 6.07) is 6.26. The van der Waals surface area contributed by atoms with Gasteiger partial charge in [0.25, 0.3) is 0 Å². The highest BCUT2D eigenvalue weighted by molar-refractivity contribution is 6.30. The van der Waals surface area contributed by atoms with E-state index >= 15 is 0 Å². The van der Waals surface area contributed by atoms with Gasteiger partial charge in [0.15, 0.2) is 0 Å². The summed E-state index contributed by atoms with van der Waals surface area (Å²) in [7, 11) is 0. The molecule has 3 rings (SSSR count). The summed E-state index contributed by atoms with van der Waals surface area (Å²) in [5, 5.41) is 9.78. The summed E-state index contributed by atoms with van der Waals surface area (Å²) in [6.45, 7) is 1.07. The number of hydrogen-bond donors (Lipinski definition) is 2. The third-order valence-electron chi connectivity index (χ3n) is 3.55. The summed E-state index contributed by atoms with van der Waals surface area (Å²) >= 11 is 6.12. The first-order valence-electron chi connectivity index (χ1n) is 6.51. The standard InChI is InChI=1S/C14H14ClFN4O/c15-12-11-9(7-21)6-20(13(11)19-14(17)18-12)5-8-1-3-10(16)4-2-8/h1-4,9,21H,5-7H2,(H2,17,18,19)/t9-/m1/s1. The van der Waals surface area contributed by atoms with E-state index in [1.165, 1.54) is 12.1 Å². The second-order valence-corrected chi connectivity index (χ2v) is 5.35. The van der Waals surface area contributed by atoms with Crippen molar-refractivity contribution < 1.29 is 9.50 Å². The number of nitrogen functional groups attached to an aromatic ring is 1. The van der Waals surface area contributed by atoms with Crippen LogP contribution >= 0.6 is 11.6 Å². The van der Waals surface area contributed by atoms with Crippen LogP contribution in [0.2, 0.25) is 5.15 Å². The first-order chi connectivity index (χ1) is 10.1. The minimum Gasteiger partial charge on any atom is -0.396 e. The molecule has 21 heavy (non-hydrogen) atoms. The van der Waals surface area contributed by atoms with Crippen molar-refractivity contribution in [2.75, 3.05) is 23.8 Å². The molecule has 3 N–H and O–H groups in total. The van der Waals surface area contributed by atoms with Crippen LogP contribution in [0.5, 0.6) is 0 Å². The second kappa shape index (κ2) is 5.46. The highest BCUT2D eigenvalue weighted by Gasteiger charge is 2.33. The fourth-order valence-corrected chi connectivity index (χ4v) is 2.91. The van der Waals surface area contributed by atoms with Gasteiger partial charge in [0.05, 0.1) is 6.61 Å². The number of aromatic nitrogens is 2. The summed E-state index contributed by atoms with van der Waals surface area (Å²) in [5.74, 6) is 0.314. The quantitative estimate of drug-likeness (QED) is 0.848. The number of hydrogen-bond acceptors (Lipinski definition) is 5. The molecule has 1 aromatic carbocycles. The topological polar surface area (TPSA) is 75.3 Å². The fourth-order valence-electron chi connectivity index (χ4n) is 2.58. The molecule has 2 heterocycles. The van der Waals surface area contributed by atoms with E-state index in [1.54, 1.807) is 12.1 Å². The number of benzene rings is 1. The van der Waals surface area contributed by atoms with Crippen molar-refractivity contribution in [2.45, 2.75) is 12.5 Å². The lowest BCUT2D eigenvalue weighted by Crippen LogP contribution is -2.23. The Morgan fingerprint density at radius 2 is 2.05 bits per heavy atom. The molecule has 1 atom stereocenters. The zero-order chi connectivity index (χ0) is 15.0. The Morgan fingerprint density at radius 1 is 1.33 bits per heavy atom. The van der Waals surface area contributed by atoms with Crippen LogP contribution in [-0.2, 0) is 6.54 Å². The lowest BCUT2D eigenvalue weighted by atomic mass is 10.1. The van der Waals surface area contributed by atoms with Crippen LogP contribution in [-0.4, -0.2) is 28.2 Å². The highest BCUT2D eigenvalue weighted by atomic mass is 35.5. The van der Waals surface area contributed by atoms with Crippen LogP contribution in [0.4, 0.5) is 16.2 Å². The number of nitrogens with zero attached hydrogens (tertiary/aromatic N) is 3. The lowest BCUT2D eigenvalue weighted by molar-refractivity contribution is 0.270. The number of anilines is 2. The average Bonchev–Trinajstić information content (AvgIpc) is 2.79. The van der Waals surface area contributed by atoms with Gasteiger partial charge in [-0.15, -0.1) is 0 Å². The van der Waals surface area contributed by atoms with Crippen LogP contribution in [0.1, 0.15) is 17.0 Å². The minimum absolute atomic E-state index is 0.0418. The number of halogens is 2. The van der Waals surface area contributed by atoms with E-state index < -0.39 is 0 Å². The average molecular weight is 309 g/mol. The van der Waals surface area contributed by atoms with Crippen molar-refractivity contribution in [3.63, 3.8) is 0 Å². The maximum Gasteiger partial charge on any atom is 0.223 e. The Morgan fingerprint density at radius 3 is 2.71 bits per heavy atom. The third kappa shape index (κ3) is 2.64. The van der Waals surface area contributed by atoms with E-state index in [-0.39, 0.29) is 29.4 Å². The predicted molar refractivity (Wildman–Crippen MR) is 78.7 cm³/mol. The fraction of sp³-hybridized carbons (Fsp3) is 0.286. The molecule has 1 aliphatic rings. The van der Waals surface area contributed by atoms with Crippen LogP contribution in [0.15, 0.2) is 24.3 Å². The van der Waals surface area contributed by atoms with Crippen LogP contribution in [0.3, 0.4) is 0 Å². The van der Waals surface area contributed by atoms with Gasteiger partial charge in [0.1, 0.15) is 16.8 Å². The normalized spacial score (nSPS) is 17.1. The van der Waals surface area contributed by atoms with Gasteiger partial charge in [0, 0.05) is 24.6 Å². The van der Waals surface area contributed by atoms with Gasteiger partial charge < -0.3 is 15.7 Å². The molecule has 0 unspecified atom stereocenters. The molecule has 0 spiro atoms. The molecule has 0 amide bonds. The Labute approximate surface area is 126 Å². The third-order valence-corrected chi connectivity index (χ3v) is 3.84. The summed E-state index contributed by atoms with van der Waals surface area (Å²) in [4.78, 5) is 10.1. The molecule has 0 saturated heterocycles. The number of aliphatic hydroxyl groups excluding tert-OH is 1. The number of aliphatic hydroxyl groups is 1. The Bertz CT molecular complexity index is 665. The Balaban J connectivity index is 1.94. The minimum atomic E-state index is -0.275. The molecule has 1 aliphatic heterocycles. The zero-order valence-electron chi connectivity index (χ0n) is 11.1. The van der Waals surface area contributed by atoms with Crippen LogP contribution in [0, 0.1) is 5.82 Å². The van der Waals surface area contributed by atoms with Gasteiger partial charge in [-0.1, -0.05) is 23.7 Å². The zero-order valence-corrected chi connectivity index (χ0v) is 11.9. The predicted octanol–water partition coefficient (Wildman–Crippen LogP) is 1.95. The maximum absolute atomic E-state index is 13.0. The van der Waals surface area contributed by atoms with Crippen molar-refractivity contribution in [1.29, 1.82) is 0 Å². The van der Waals surface area contributed by atoms with Gasteiger partial charge in [-0.2, -0.15) is 4.98 Å². The maximum atomic E-state index is 13.0.